The number of unbranched alkanes of at least 4 members (excludes halogenated alkanes) is 1. The third-order valence-electron chi connectivity index (χ3n) is 1.01. The molecule has 0 aliphatic rings. The number of carbonyl (C=O) groups is 1. The van der Waals surface area contributed by atoms with Crippen molar-refractivity contribution in [1.82, 2.24) is 0 Å². The summed E-state index contributed by atoms with van der Waals surface area (Å²) < 4.78 is 0. The summed E-state index contributed by atoms with van der Waals surface area (Å²) in [6, 6.07) is 0. The Bertz CT molecular complexity index is 75.5. The van der Waals surface area contributed by atoms with Gasteiger partial charge in [0.25, 0.3) is 0 Å². The first kappa shape index (κ1) is 9.25. The van der Waals surface area contributed by atoms with Crippen LogP contribution in [0.1, 0.15) is 19.3 Å². The summed E-state index contributed by atoms with van der Waals surface area (Å²) in [4.78, 5) is 9.93. The molecule has 0 bridgehead atoms. The molecule has 0 N–H and O–H groups in total. The highest BCUT2D eigenvalue weighted by atomic mass is 35.5. The fourth-order valence-electron chi connectivity index (χ4n) is 0.502. The Balaban J connectivity index is 2.96. The maximum atomic E-state index is 9.93. The van der Waals surface area contributed by atoms with Gasteiger partial charge in [-0.1, -0.05) is 6.42 Å². The molecule has 0 aliphatic heterocycles. The number of alkyl halides is 2. The summed E-state index contributed by atoms with van der Waals surface area (Å²) in [6.45, 7) is 0. The van der Waals surface area contributed by atoms with Crippen molar-refractivity contribution in [1.29, 1.82) is 0 Å². The SMILES string of the molecule is O=CC(Cl)CCCCCl. The normalized spacial score (nSPS) is 13.1. The summed E-state index contributed by atoms with van der Waals surface area (Å²) >= 11 is 10.9. The van der Waals surface area contributed by atoms with Crippen LogP contribution in [-0.4, -0.2) is 17.5 Å². The zero-order valence-corrected chi connectivity index (χ0v) is 6.66. The molecule has 54 valence electrons. The Morgan fingerprint density at radius 1 is 1.44 bits per heavy atom. The minimum atomic E-state index is -0.312. The van der Waals surface area contributed by atoms with Crippen LogP contribution in [0.2, 0.25) is 0 Å². The molecule has 0 heterocycles. The Morgan fingerprint density at radius 2 is 2.11 bits per heavy atom. The first-order valence-corrected chi connectivity index (χ1v) is 3.93. The maximum absolute atomic E-state index is 9.93. The number of halogens is 2. The number of rotatable bonds is 5. The van der Waals surface area contributed by atoms with E-state index in [1.165, 1.54) is 0 Å². The van der Waals surface area contributed by atoms with E-state index in [1.807, 2.05) is 0 Å². The zero-order chi connectivity index (χ0) is 7.11. The van der Waals surface area contributed by atoms with E-state index in [4.69, 9.17) is 23.2 Å². The lowest BCUT2D eigenvalue weighted by Gasteiger charge is -1.97. The highest BCUT2D eigenvalue weighted by Crippen LogP contribution is 2.05. The fourth-order valence-corrected chi connectivity index (χ4v) is 0.845. The van der Waals surface area contributed by atoms with Crippen LogP contribution in [0.25, 0.3) is 0 Å². The van der Waals surface area contributed by atoms with E-state index < -0.39 is 0 Å². The van der Waals surface area contributed by atoms with Gasteiger partial charge in [0.15, 0.2) is 0 Å². The lowest BCUT2D eigenvalue weighted by Crippen LogP contribution is -1.98. The summed E-state index contributed by atoms with van der Waals surface area (Å²) in [5.41, 5.74) is 0. The van der Waals surface area contributed by atoms with E-state index in [9.17, 15) is 4.79 Å². The second-order valence-corrected chi connectivity index (χ2v) is 2.78. The molecule has 3 heteroatoms. The smallest absolute Gasteiger partial charge is 0.137 e. The predicted molar refractivity (Wildman–Crippen MR) is 40.3 cm³/mol. The third-order valence-corrected chi connectivity index (χ3v) is 1.60. The average Bonchev–Trinajstić information content (AvgIpc) is 1.89. The van der Waals surface area contributed by atoms with Crippen molar-refractivity contribution >= 4 is 29.5 Å². The lowest BCUT2D eigenvalue weighted by atomic mass is 10.2. The van der Waals surface area contributed by atoms with Gasteiger partial charge in [0.1, 0.15) is 6.29 Å². The van der Waals surface area contributed by atoms with Crippen molar-refractivity contribution in [2.45, 2.75) is 24.6 Å². The van der Waals surface area contributed by atoms with Crippen LogP contribution in [0.5, 0.6) is 0 Å². The molecule has 0 amide bonds. The topological polar surface area (TPSA) is 17.1 Å². The van der Waals surface area contributed by atoms with Crippen LogP contribution in [0.15, 0.2) is 0 Å². The zero-order valence-electron chi connectivity index (χ0n) is 5.15. The van der Waals surface area contributed by atoms with Crippen molar-refractivity contribution in [3.05, 3.63) is 0 Å². The predicted octanol–water partition coefficient (Wildman–Crippen LogP) is 2.20. The van der Waals surface area contributed by atoms with E-state index in [1.54, 1.807) is 0 Å². The Kier molecular flexibility index (Phi) is 6.55. The van der Waals surface area contributed by atoms with E-state index >= 15 is 0 Å². The number of hydrogen-bond acceptors (Lipinski definition) is 1. The highest BCUT2D eigenvalue weighted by molar-refractivity contribution is 6.27. The van der Waals surface area contributed by atoms with Gasteiger partial charge in [-0.2, -0.15) is 0 Å². The third kappa shape index (κ3) is 6.13. The van der Waals surface area contributed by atoms with E-state index in [0.717, 1.165) is 25.5 Å². The monoisotopic (exact) mass is 168 g/mol. The number of aldehydes is 1. The summed E-state index contributed by atoms with van der Waals surface area (Å²) in [5.74, 6) is 0.655. The molecule has 0 saturated carbocycles. The molecule has 9 heavy (non-hydrogen) atoms. The van der Waals surface area contributed by atoms with Crippen LogP contribution in [-0.2, 0) is 4.79 Å². The molecule has 0 saturated heterocycles. The molecule has 0 aliphatic carbocycles. The van der Waals surface area contributed by atoms with Crippen molar-refractivity contribution in [2.24, 2.45) is 0 Å². The van der Waals surface area contributed by atoms with Gasteiger partial charge in [-0.05, 0) is 12.8 Å². The first-order valence-electron chi connectivity index (χ1n) is 2.96. The van der Waals surface area contributed by atoms with E-state index in [2.05, 4.69) is 0 Å². The molecule has 0 aromatic heterocycles. The van der Waals surface area contributed by atoms with E-state index in [0.29, 0.717) is 5.88 Å². The first-order chi connectivity index (χ1) is 4.31. The molecule has 0 fully saturated rings. The van der Waals surface area contributed by atoms with Gasteiger partial charge in [-0.3, -0.25) is 0 Å². The Labute approximate surface area is 65.3 Å². The summed E-state index contributed by atoms with van der Waals surface area (Å²) in [5, 5.41) is -0.312. The summed E-state index contributed by atoms with van der Waals surface area (Å²) in [6.07, 6.45) is 3.39. The average molecular weight is 169 g/mol. The Hall–Kier alpha value is 0.250. The summed E-state index contributed by atoms with van der Waals surface area (Å²) in [7, 11) is 0. The second-order valence-electron chi connectivity index (χ2n) is 1.84. The minimum absolute atomic E-state index is 0.312. The van der Waals surface area contributed by atoms with Crippen LogP contribution in [0, 0.1) is 0 Å². The number of hydrogen-bond donors (Lipinski definition) is 0. The van der Waals surface area contributed by atoms with Gasteiger partial charge in [-0.25, -0.2) is 0 Å². The van der Waals surface area contributed by atoms with Crippen LogP contribution < -0.4 is 0 Å². The van der Waals surface area contributed by atoms with Crippen molar-refractivity contribution in [2.75, 3.05) is 5.88 Å². The molecule has 1 unspecified atom stereocenters. The van der Waals surface area contributed by atoms with Crippen LogP contribution in [0.3, 0.4) is 0 Å². The largest absolute Gasteiger partial charge is 0.302 e. The molecule has 0 spiro atoms. The van der Waals surface area contributed by atoms with Crippen molar-refractivity contribution in [3.8, 4) is 0 Å². The van der Waals surface area contributed by atoms with E-state index in [-0.39, 0.29) is 5.38 Å². The van der Waals surface area contributed by atoms with Gasteiger partial charge in [0.2, 0.25) is 0 Å². The quantitative estimate of drug-likeness (QED) is 0.350. The highest BCUT2D eigenvalue weighted by Gasteiger charge is 1.99. The van der Waals surface area contributed by atoms with Gasteiger partial charge in [0.05, 0.1) is 5.38 Å². The van der Waals surface area contributed by atoms with Gasteiger partial charge in [-0.15, -0.1) is 23.2 Å². The molecule has 1 atom stereocenters. The Morgan fingerprint density at radius 3 is 2.56 bits per heavy atom. The second kappa shape index (κ2) is 6.37. The maximum Gasteiger partial charge on any atom is 0.137 e. The number of carbonyl (C=O) groups excluding carboxylic acids is 1. The molecule has 1 nitrogen and oxygen atoms in total. The van der Waals surface area contributed by atoms with Crippen LogP contribution >= 0.6 is 23.2 Å². The van der Waals surface area contributed by atoms with Gasteiger partial charge >= 0.3 is 0 Å². The van der Waals surface area contributed by atoms with Crippen LogP contribution in [0.4, 0.5) is 0 Å². The molecular formula is C6H10Cl2O. The molecule has 0 radical (unpaired) electrons. The lowest BCUT2D eigenvalue weighted by molar-refractivity contribution is -0.107. The minimum Gasteiger partial charge on any atom is -0.302 e. The molecular weight excluding hydrogens is 159 g/mol. The van der Waals surface area contributed by atoms with Gasteiger partial charge < -0.3 is 4.79 Å². The fraction of sp³-hybridized carbons (Fsp3) is 0.833. The van der Waals surface area contributed by atoms with Crippen molar-refractivity contribution < 1.29 is 4.79 Å². The molecule has 0 aromatic carbocycles. The standard InChI is InChI=1S/C6H10Cl2O/c7-4-2-1-3-6(8)5-9/h5-6H,1-4H2. The molecule has 0 rings (SSSR count). The van der Waals surface area contributed by atoms with Gasteiger partial charge in [0, 0.05) is 5.88 Å². The van der Waals surface area contributed by atoms with Crippen molar-refractivity contribution in [3.63, 3.8) is 0 Å². The molecule has 0 aromatic rings.